The lowest BCUT2D eigenvalue weighted by atomic mass is 10.1. The molecule has 2 aromatic rings. The van der Waals surface area contributed by atoms with Crippen molar-refractivity contribution in [3.8, 4) is 0 Å². The van der Waals surface area contributed by atoms with E-state index in [1.165, 1.54) is 13.3 Å². The number of ether oxygens (including phenoxy) is 2. The fourth-order valence-corrected chi connectivity index (χ4v) is 1.86. The predicted octanol–water partition coefficient (Wildman–Crippen LogP) is 2.02. The normalized spacial score (nSPS) is 10.2. The molecule has 1 aromatic heterocycles. The Balaban J connectivity index is 2.08. The van der Waals surface area contributed by atoms with Crippen LogP contribution in [0, 0.1) is 0 Å². The van der Waals surface area contributed by atoms with Gasteiger partial charge in [0.15, 0.2) is 0 Å². The molecule has 0 fully saturated rings. The van der Waals surface area contributed by atoms with Gasteiger partial charge in [-0.1, -0.05) is 24.3 Å². The maximum Gasteiger partial charge on any atom is 0.376 e. The minimum absolute atomic E-state index is 0.0349. The first kappa shape index (κ1) is 14.9. The Morgan fingerprint density at radius 2 is 1.95 bits per heavy atom. The van der Waals surface area contributed by atoms with Gasteiger partial charge in [-0.2, -0.15) is 0 Å². The first-order valence-electron chi connectivity index (χ1n) is 6.45. The third-order valence-electron chi connectivity index (χ3n) is 2.90. The van der Waals surface area contributed by atoms with Gasteiger partial charge in [-0.05, 0) is 17.2 Å². The number of nitrogens with one attached hydrogen (secondary N) is 1. The topological polar surface area (TPSA) is 73.3 Å². The molecule has 0 aliphatic carbocycles. The van der Waals surface area contributed by atoms with Crippen molar-refractivity contribution in [2.24, 2.45) is 0 Å². The third-order valence-corrected chi connectivity index (χ3v) is 2.90. The molecule has 6 nitrogen and oxygen atoms in total. The molecule has 0 spiro atoms. The minimum atomic E-state index is -0.557. The lowest BCUT2D eigenvalue weighted by Gasteiger charge is -2.10. The Bertz CT molecular complexity index is 617. The smallest absolute Gasteiger partial charge is 0.376 e. The van der Waals surface area contributed by atoms with E-state index in [9.17, 15) is 4.79 Å². The molecule has 0 aliphatic heterocycles. The average Bonchev–Trinajstić information content (AvgIpc) is 2.54. The van der Waals surface area contributed by atoms with E-state index >= 15 is 0 Å². The second kappa shape index (κ2) is 7.35. The molecule has 0 saturated carbocycles. The lowest BCUT2D eigenvalue weighted by Crippen LogP contribution is -2.10. The van der Waals surface area contributed by atoms with Crippen molar-refractivity contribution in [2.45, 2.75) is 13.2 Å². The van der Waals surface area contributed by atoms with Crippen LogP contribution in [-0.2, 0) is 22.6 Å². The lowest BCUT2D eigenvalue weighted by molar-refractivity contribution is 0.0587. The van der Waals surface area contributed by atoms with Crippen LogP contribution in [0.15, 0.2) is 36.5 Å². The van der Waals surface area contributed by atoms with Gasteiger partial charge in [0.05, 0.1) is 13.7 Å². The molecule has 1 aromatic carbocycles. The Kier molecular flexibility index (Phi) is 5.22. The zero-order valence-corrected chi connectivity index (χ0v) is 12.0. The van der Waals surface area contributed by atoms with Crippen LogP contribution in [0.5, 0.6) is 0 Å². The molecule has 0 aliphatic rings. The Labute approximate surface area is 123 Å². The SMILES string of the molecule is COCc1ccccc1CNc1ccnc(C(=O)OC)n1. The molecule has 2 rings (SSSR count). The molecule has 0 atom stereocenters. The van der Waals surface area contributed by atoms with Crippen LogP contribution < -0.4 is 5.32 Å². The molecule has 0 unspecified atom stereocenters. The number of anilines is 1. The zero-order valence-electron chi connectivity index (χ0n) is 12.0. The van der Waals surface area contributed by atoms with Gasteiger partial charge in [0.1, 0.15) is 5.82 Å². The van der Waals surface area contributed by atoms with Gasteiger partial charge in [0, 0.05) is 19.9 Å². The van der Waals surface area contributed by atoms with Crippen LogP contribution in [0.2, 0.25) is 0 Å². The van der Waals surface area contributed by atoms with Gasteiger partial charge < -0.3 is 14.8 Å². The number of hydrogen-bond acceptors (Lipinski definition) is 6. The summed E-state index contributed by atoms with van der Waals surface area (Å²) in [6, 6.07) is 9.67. The van der Waals surface area contributed by atoms with Crippen LogP contribution in [0.25, 0.3) is 0 Å². The number of nitrogens with zero attached hydrogens (tertiary/aromatic N) is 2. The molecular formula is C15H17N3O3. The Hall–Kier alpha value is -2.47. The van der Waals surface area contributed by atoms with E-state index in [4.69, 9.17) is 4.74 Å². The monoisotopic (exact) mass is 287 g/mol. The fourth-order valence-electron chi connectivity index (χ4n) is 1.86. The number of aromatic nitrogens is 2. The van der Waals surface area contributed by atoms with Crippen molar-refractivity contribution >= 4 is 11.8 Å². The number of rotatable bonds is 6. The molecule has 0 saturated heterocycles. The van der Waals surface area contributed by atoms with Crippen LogP contribution in [-0.4, -0.2) is 30.2 Å². The number of esters is 1. The van der Waals surface area contributed by atoms with Gasteiger partial charge >= 0.3 is 5.97 Å². The molecular weight excluding hydrogens is 270 g/mol. The summed E-state index contributed by atoms with van der Waals surface area (Å²) >= 11 is 0. The van der Waals surface area contributed by atoms with E-state index in [0.29, 0.717) is 19.0 Å². The summed E-state index contributed by atoms with van der Waals surface area (Å²) in [4.78, 5) is 19.4. The predicted molar refractivity (Wildman–Crippen MR) is 77.9 cm³/mol. The Morgan fingerprint density at radius 1 is 1.19 bits per heavy atom. The highest BCUT2D eigenvalue weighted by Gasteiger charge is 2.09. The van der Waals surface area contributed by atoms with Crippen LogP contribution >= 0.6 is 0 Å². The highest BCUT2D eigenvalue weighted by Crippen LogP contribution is 2.12. The number of carbonyl (C=O) groups excluding carboxylic acids is 1. The van der Waals surface area contributed by atoms with Crippen molar-refractivity contribution in [3.63, 3.8) is 0 Å². The van der Waals surface area contributed by atoms with Gasteiger partial charge in [0.25, 0.3) is 0 Å². The molecule has 21 heavy (non-hydrogen) atoms. The number of carbonyl (C=O) groups is 1. The van der Waals surface area contributed by atoms with Gasteiger partial charge in [0.2, 0.25) is 5.82 Å². The van der Waals surface area contributed by atoms with Crippen molar-refractivity contribution in [1.82, 2.24) is 9.97 Å². The quantitative estimate of drug-likeness (QED) is 0.819. The van der Waals surface area contributed by atoms with Crippen LogP contribution in [0.4, 0.5) is 5.82 Å². The highest BCUT2D eigenvalue weighted by molar-refractivity contribution is 5.85. The first-order valence-corrected chi connectivity index (χ1v) is 6.45. The van der Waals surface area contributed by atoms with E-state index in [1.807, 2.05) is 24.3 Å². The summed E-state index contributed by atoms with van der Waals surface area (Å²) in [6.45, 7) is 1.13. The summed E-state index contributed by atoms with van der Waals surface area (Å²) in [5, 5.41) is 3.16. The second-order valence-electron chi connectivity index (χ2n) is 4.31. The van der Waals surface area contributed by atoms with Gasteiger partial charge in [-0.15, -0.1) is 0 Å². The molecule has 0 bridgehead atoms. The van der Waals surface area contributed by atoms with Gasteiger partial charge in [-0.3, -0.25) is 0 Å². The second-order valence-corrected chi connectivity index (χ2v) is 4.31. The maximum absolute atomic E-state index is 11.4. The maximum atomic E-state index is 11.4. The molecule has 1 heterocycles. The molecule has 6 heteroatoms. The van der Waals surface area contributed by atoms with E-state index < -0.39 is 5.97 Å². The zero-order chi connectivity index (χ0) is 15.1. The number of methoxy groups -OCH3 is 2. The summed E-state index contributed by atoms with van der Waals surface area (Å²) in [6.07, 6.45) is 1.52. The molecule has 110 valence electrons. The summed E-state index contributed by atoms with van der Waals surface area (Å²) < 4.78 is 9.77. The van der Waals surface area contributed by atoms with Gasteiger partial charge in [-0.25, -0.2) is 14.8 Å². The van der Waals surface area contributed by atoms with E-state index in [-0.39, 0.29) is 5.82 Å². The first-order chi connectivity index (χ1) is 10.2. The van der Waals surface area contributed by atoms with Crippen molar-refractivity contribution in [3.05, 3.63) is 53.5 Å². The average molecular weight is 287 g/mol. The van der Waals surface area contributed by atoms with E-state index in [0.717, 1.165) is 11.1 Å². The Morgan fingerprint density at radius 3 is 2.67 bits per heavy atom. The summed E-state index contributed by atoms with van der Waals surface area (Å²) in [5.74, 6) is 0.0451. The standard InChI is InChI=1S/C15H17N3O3/c1-20-10-12-6-4-3-5-11(12)9-17-13-7-8-16-14(18-13)15(19)21-2/h3-8H,9-10H2,1-2H3,(H,16,17,18). The van der Waals surface area contributed by atoms with E-state index in [1.54, 1.807) is 13.2 Å². The fraction of sp³-hybridized carbons (Fsp3) is 0.267. The van der Waals surface area contributed by atoms with Crippen LogP contribution in [0.1, 0.15) is 21.7 Å². The van der Waals surface area contributed by atoms with Crippen molar-refractivity contribution in [2.75, 3.05) is 19.5 Å². The summed E-state index contributed by atoms with van der Waals surface area (Å²) in [7, 11) is 2.96. The molecule has 0 amide bonds. The number of benzene rings is 1. The minimum Gasteiger partial charge on any atom is -0.463 e. The third kappa shape index (κ3) is 4.00. The van der Waals surface area contributed by atoms with Crippen LogP contribution in [0.3, 0.4) is 0 Å². The van der Waals surface area contributed by atoms with Crippen molar-refractivity contribution < 1.29 is 14.3 Å². The number of hydrogen-bond donors (Lipinski definition) is 1. The largest absolute Gasteiger partial charge is 0.463 e. The molecule has 1 N–H and O–H groups in total. The van der Waals surface area contributed by atoms with Crippen molar-refractivity contribution in [1.29, 1.82) is 0 Å². The van der Waals surface area contributed by atoms with E-state index in [2.05, 4.69) is 20.0 Å². The summed E-state index contributed by atoms with van der Waals surface area (Å²) in [5.41, 5.74) is 2.22. The molecule has 0 radical (unpaired) electrons. The highest BCUT2D eigenvalue weighted by atomic mass is 16.5.